The van der Waals surface area contributed by atoms with Crippen molar-refractivity contribution in [3.05, 3.63) is 59.1 Å². The molecule has 0 fully saturated rings. The Morgan fingerprint density at radius 1 is 1.09 bits per heavy atom. The van der Waals surface area contributed by atoms with Gasteiger partial charge in [0.2, 0.25) is 0 Å². The molecule has 0 spiro atoms. The Bertz CT molecular complexity index is 616. The Kier molecular flexibility index (Phi) is 7.16. The molecule has 2 nitrogen and oxygen atoms in total. The molecule has 2 aromatic carbocycles. The Hall–Kier alpha value is -1.10. The maximum Gasteiger partial charge on any atom is 0.252 e. The molecule has 1 N–H and O–H groups in total. The minimum atomic E-state index is -0.00624. The van der Waals surface area contributed by atoms with Crippen LogP contribution in [-0.4, -0.2) is 24.0 Å². The van der Waals surface area contributed by atoms with Gasteiger partial charge in [-0.25, -0.2) is 0 Å². The van der Waals surface area contributed by atoms with Crippen LogP contribution in [0.1, 0.15) is 17.3 Å². The number of hydrogen-bond acceptors (Lipinski definition) is 3. The van der Waals surface area contributed by atoms with Crippen LogP contribution in [0.15, 0.2) is 58.3 Å². The molecule has 0 aromatic heterocycles. The molecule has 0 atom stereocenters. The first-order valence-electron chi connectivity index (χ1n) is 7.09. The third-order valence-electron chi connectivity index (χ3n) is 2.90. The highest BCUT2D eigenvalue weighted by Crippen LogP contribution is 2.22. The summed E-state index contributed by atoms with van der Waals surface area (Å²) < 4.78 is 0. The molecular formula is C17H18ClNOS2. The van der Waals surface area contributed by atoms with E-state index in [1.807, 2.05) is 48.5 Å². The van der Waals surface area contributed by atoms with Crippen LogP contribution in [0.25, 0.3) is 0 Å². The third kappa shape index (κ3) is 5.27. The minimum Gasteiger partial charge on any atom is -0.351 e. The number of rotatable bonds is 7. The zero-order valence-electron chi connectivity index (χ0n) is 12.3. The van der Waals surface area contributed by atoms with Gasteiger partial charge in [0.25, 0.3) is 5.91 Å². The molecule has 0 bridgehead atoms. The topological polar surface area (TPSA) is 29.1 Å². The fourth-order valence-corrected chi connectivity index (χ4v) is 3.59. The van der Waals surface area contributed by atoms with E-state index >= 15 is 0 Å². The third-order valence-corrected chi connectivity index (χ3v) is 5.12. The predicted octanol–water partition coefficient (Wildman–Crippen LogP) is 4.97. The van der Waals surface area contributed by atoms with Gasteiger partial charge in [0, 0.05) is 27.1 Å². The van der Waals surface area contributed by atoms with E-state index in [1.165, 1.54) is 0 Å². The van der Waals surface area contributed by atoms with E-state index in [9.17, 15) is 4.79 Å². The van der Waals surface area contributed by atoms with E-state index in [0.29, 0.717) is 6.54 Å². The molecule has 0 unspecified atom stereocenters. The average molecular weight is 352 g/mol. The van der Waals surface area contributed by atoms with Gasteiger partial charge in [0.05, 0.1) is 5.56 Å². The van der Waals surface area contributed by atoms with Gasteiger partial charge in [0.15, 0.2) is 0 Å². The molecule has 0 aliphatic rings. The normalized spacial score (nSPS) is 10.5. The Balaban J connectivity index is 1.81. The van der Waals surface area contributed by atoms with Crippen molar-refractivity contribution in [2.24, 2.45) is 0 Å². The van der Waals surface area contributed by atoms with E-state index in [0.717, 1.165) is 31.9 Å². The maximum atomic E-state index is 12.2. The van der Waals surface area contributed by atoms with Crippen molar-refractivity contribution in [2.75, 3.05) is 18.1 Å². The monoisotopic (exact) mass is 351 g/mol. The van der Waals surface area contributed by atoms with Gasteiger partial charge in [-0.3, -0.25) is 4.79 Å². The van der Waals surface area contributed by atoms with Crippen LogP contribution in [-0.2, 0) is 0 Å². The van der Waals surface area contributed by atoms with Crippen molar-refractivity contribution in [3.8, 4) is 0 Å². The first kappa shape index (κ1) is 17.3. The minimum absolute atomic E-state index is 0.00624. The molecule has 0 heterocycles. The lowest BCUT2D eigenvalue weighted by atomic mass is 10.2. The SMILES string of the molecule is CCSc1ccccc1C(=O)NCCSc1ccc(Cl)cc1. The average Bonchev–Trinajstić information content (AvgIpc) is 2.54. The summed E-state index contributed by atoms with van der Waals surface area (Å²) in [6.45, 7) is 2.72. The lowest BCUT2D eigenvalue weighted by molar-refractivity contribution is 0.0953. The van der Waals surface area contributed by atoms with Crippen LogP contribution in [0.5, 0.6) is 0 Å². The van der Waals surface area contributed by atoms with Crippen LogP contribution >= 0.6 is 35.1 Å². The number of nitrogens with one attached hydrogen (secondary N) is 1. The highest BCUT2D eigenvalue weighted by atomic mass is 35.5. The Morgan fingerprint density at radius 3 is 2.55 bits per heavy atom. The molecule has 0 aliphatic carbocycles. The molecule has 0 saturated carbocycles. The molecule has 2 aromatic rings. The van der Waals surface area contributed by atoms with Crippen LogP contribution in [0.3, 0.4) is 0 Å². The second kappa shape index (κ2) is 9.13. The molecule has 2 rings (SSSR count). The largest absolute Gasteiger partial charge is 0.351 e. The van der Waals surface area contributed by atoms with Gasteiger partial charge in [-0.1, -0.05) is 30.7 Å². The van der Waals surface area contributed by atoms with Gasteiger partial charge < -0.3 is 5.32 Å². The predicted molar refractivity (Wildman–Crippen MR) is 97.3 cm³/mol. The second-order valence-corrected chi connectivity index (χ2v) is 7.40. The number of amides is 1. The first-order chi connectivity index (χ1) is 10.7. The number of halogens is 1. The van der Waals surface area contributed by atoms with Crippen LogP contribution in [0.4, 0.5) is 0 Å². The summed E-state index contributed by atoms with van der Waals surface area (Å²) in [4.78, 5) is 14.4. The van der Waals surface area contributed by atoms with Gasteiger partial charge >= 0.3 is 0 Å². The van der Waals surface area contributed by atoms with Gasteiger partial charge in [-0.05, 0) is 42.2 Å². The van der Waals surface area contributed by atoms with Gasteiger partial charge in [-0.15, -0.1) is 23.5 Å². The molecule has 0 radical (unpaired) electrons. The molecule has 0 aliphatic heterocycles. The summed E-state index contributed by atoms with van der Waals surface area (Å²) >= 11 is 9.25. The van der Waals surface area contributed by atoms with E-state index in [1.54, 1.807) is 23.5 Å². The molecular weight excluding hydrogens is 334 g/mol. The van der Waals surface area contributed by atoms with E-state index < -0.39 is 0 Å². The van der Waals surface area contributed by atoms with Crippen molar-refractivity contribution >= 4 is 41.0 Å². The fourth-order valence-electron chi connectivity index (χ4n) is 1.90. The van der Waals surface area contributed by atoms with Crippen molar-refractivity contribution in [1.29, 1.82) is 0 Å². The smallest absolute Gasteiger partial charge is 0.252 e. The Morgan fingerprint density at radius 2 is 1.82 bits per heavy atom. The fraction of sp³-hybridized carbons (Fsp3) is 0.235. The Labute approximate surface area is 145 Å². The number of carbonyl (C=O) groups is 1. The molecule has 0 saturated heterocycles. The van der Waals surface area contributed by atoms with Crippen molar-refractivity contribution in [1.82, 2.24) is 5.32 Å². The van der Waals surface area contributed by atoms with Gasteiger partial charge in [0.1, 0.15) is 0 Å². The summed E-state index contributed by atoms with van der Waals surface area (Å²) in [5, 5.41) is 3.72. The standard InChI is InChI=1S/C17H18ClNOS2/c1-2-21-16-6-4-3-5-15(16)17(20)19-11-12-22-14-9-7-13(18)8-10-14/h3-10H,2,11-12H2,1H3,(H,19,20). The van der Waals surface area contributed by atoms with E-state index in [-0.39, 0.29) is 5.91 Å². The lowest BCUT2D eigenvalue weighted by Gasteiger charge is -2.09. The summed E-state index contributed by atoms with van der Waals surface area (Å²) in [5.74, 6) is 1.78. The number of thioether (sulfide) groups is 2. The second-order valence-electron chi connectivity index (χ2n) is 4.49. The van der Waals surface area contributed by atoms with E-state index in [2.05, 4.69) is 12.2 Å². The first-order valence-corrected chi connectivity index (χ1v) is 9.44. The molecule has 5 heteroatoms. The quantitative estimate of drug-likeness (QED) is 0.563. The van der Waals surface area contributed by atoms with Gasteiger partial charge in [-0.2, -0.15) is 0 Å². The summed E-state index contributed by atoms with van der Waals surface area (Å²) in [6.07, 6.45) is 0. The number of carbonyl (C=O) groups excluding carboxylic acids is 1. The zero-order chi connectivity index (χ0) is 15.8. The van der Waals surface area contributed by atoms with Crippen molar-refractivity contribution < 1.29 is 4.79 Å². The maximum absolute atomic E-state index is 12.2. The van der Waals surface area contributed by atoms with Crippen molar-refractivity contribution in [2.45, 2.75) is 16.7 Å². The van der Waals surface area contributed by atoms with Crippen LogP contribution in [0.2, 0.25) is 5.02 Å². The van der Waals surface area contributed by atoms with Crippen LogP contribution in [0, 0.1) is 0 Å². The highest BCUT2D eigenvalue weighted by Gasteiger charge is 2.10. The molecule has 22 heavy (non-hydrogen) atoms. The van der Waals surface area contributed by atoms with E-state index in [4.69, 9.17) is 11.6 Å². The lowest BCUT2D eigenvalue weighted by Crippen LogP contribution is -2.26. The van der Waals surface area contributed by atoms with Crippen LogP contribution < -0.4 is 5.32 Å². The number of hydrogen-bond donors (Lipinski definition) is 1. The summed E-state index contributed by atoms with van der Waals surface area (Å²) in [6, 6.07) is 15.5. The number of benzene rings is 2. The summed E-state index contributed by atoms with van der Waals surface area (Å²) in [5.41, 5.74) is 0.755. The summed E-state index contributed by atoms with van der Waals surface area (Å²) in [7, 11) is 0. The zero-order valence-corrected chi connectivity index (χ0v) is 14.7. The molecule has 1 amide bonds. The van der Waals surface area contributed by atoms with Crippen molar-refractivity contribution in [3.63, 3.8) is 0 Å². The highest BCUT2D eigenvalue weighted by molar-refractivity contribution is 7.99. The molecule has 116 valence electrons.